The van der Waals surface area contributed by atoms with Crippen LogP contribution in [0.25, 0.3) is 0 Å². The maximum absolute atomic E-state index is 11.7. The molecule has 1 fully saturated rings. The Morgan fingerprint density at radius 1 is 1.48 bits per heavy atom. The summed E-state index contributed by atoms with van der Waals surface area (Å²) in [5.41, 5.74) is 1.09. The summed E-state index contributed by atoms with van der Waals surface area (Å²) in [6.07, 6.45) is 6.27. The van der Waals surface area contributed by atoms with Crippen molar-refractivity contribution in [3.63, 3.8) is 0 Å². The maximum Gasteiger partial charge on any atom is 0.309 e. The first-order valence-electron chi connectivity index (χ1n) is 8.02. The van der Waals surface area contributed by atoms with Crippen LogP contribution >= 0.6 is 0 Å². The molecule has 0 radical (unpaired) electrons. The molecule has 0 N–H and O–H groups in total. The van der Waals surface area contributed by atoms with Crippen LogP contribution in [0.4, 0.5) is 0 Å². The second-order valence-electron chi connectivity index (χ2n) is 5.85. The summed E-state index contributed by atoms with van der Waals surface area (Å²) in [6.45, 7) is 7.03. The molecule has 2 rings (SSSR count). The lowest BCUT2D eigenvalue weighted by atomic mass is 9.98. The highest BCUT2D eigenvalue weighted by Crippen LogP contribution is 2.20. The first-order chi connectivity index (χ1) is 10.2. The molecule has 1 aromatic rings. The number of aromatic nitrogens is 2. The average molecular weight is 293 g/mol. The van der Waals surface area contributed by atoms with Gasteiger partial charge in [-0.25, -0.2) is 0 Å². The van der Waals surface area contributed by atoms with Gasteiger partial charge in [-0.1, -0.05) is 13.8 Å². The van der Waals surface area contributed by atoms with Crippen LogP contribution < -0.4 is 0 Å². The van der Waals surface area contributed by atoms with Crippen LogP contribution in [0.1, 0.15) is 51.3 Å². The first kappa shape index (κ1) is 16.0. The van der Waals surface area contributed by atoms with Crippen molar-refractivity contribution in [2.24, 2.45) is 5.92 Å². The third kappa shape index (κ3) is 4.06. The number of piperidine rings is 1. The van der Waals surface area contributed by atoms with E-state index in [2.05, 4.69) is 35.7 Å². The van der Waals surface area contributed by atoms with Gasteiger partial charge in [0, 0.05) is 19.3 Å². The van der Waals surface area contributed by atoms with Crippen molar-refractivity contribution in [2.45, 2.75) is 52.1 Å². The summed E-state index contributed by atoms with van der Waals surface area (Å²) in [7, 11) is 1.47. The molecule has 0 aromatic carbocycles. The van der Waals surface area contributed by atoms with E-state index in [1.807, 2.05) is 0 Å². The van der Waals surface area contributed by atoms with Gasteiger partial charge in [0.25, 0.3) is 0 Å². The number of ether oxygens (including phenoxy) is 1. The number of methoxy groups -OCH3 is 1. The van der Waals surface area contributed by atoms with Gasteiger partial charge in [-0.05, 0) is 38.3 Å². The number of rotatable bonds is 6. The van der Waals surface area contributed by atoms with Crippen molar-refractivity contribution in [3.8, 4) is 0 Å². The molecule has 118 valence electrons. The fourth-order valence-corrected chi connectivity index (χ4v) is 3.12. The monoisotopic (exact) mass is 293 g/mol. The second kappa shape index (κ2) is 7.59. The van der Waals surface area contributed by atoms with E-state index in [1.54, 1.807) is 0 Å². The minimum absolute atomic E-state index is 0.0184. The van der Waals surface area contributed by atoms with Gasteiger partial charge in [0.2, 0.25) is 0 Å². The number of hydrogen-bond acceptors (Lipinski definition) is 4. The van der Waals surface area contributed by atoms with Crippen LogP contribution in [0.15, 0.2) is 12.3 Å². The van der Waals surface area contributed by atoms with Crippen LogP contribution in [0.3, 0.4) is 0 Å². The summed E-state index contributed by atoms with van der Waals surface area (Å²) in [4.78, 5) is 14.0. The van der Waals surface area contributed by atoms with E-state index in [-0.39, 0.29) is 11.9 Å². The molecule has 5 heteroatoms. The molecule has 1 aliphatic heterocycles. The van der Waals surface area contributed by atoms with Crippen LogP contribution in [0.2, 0.25) is 0 Å². The predicted molar refractivity (Wildman–Crippen MR) is 81.9 cm³/mol. The van der Waals surface area contributed by atoms with Crippen molar-refractivity contribution in [2.75, 3.05) is 20.2 Å². The molecule has 0 spiro atoms. The van der Waals surface area contributed by atoms with Crippen LogP contribution in [0, 0.1) is 5.92 Å². The summed E-state index contributed by atoms with van der Waals surface area (Å²) in [5.74, 6) is -0.0628. The lowest BCUT2D eigenvalue weighted by Crippen LogP contribution is -2.38. The second-order valence-corrected chi connectivity index (χ2v) is 5.85. The number of esters is 1. The van der Waals surface area contributed by atoms with Gasteiger partial charge in [0.05, 0.1) is 24.8 Å². The van der Waals surface area contributed by atoms with Crippen molar-refractivity contribution >= 4 is 5.97 Å². The molecule has 5 nitrogen and oxygen atoms in total. The van der Waals surface area contributed by atoms with Crippen molar-refractivity contribution in [1.29, 1.82) is 0 Å². The highest BCUT2D eigenvalue weighted by Gasteiger charge is 2.26. The van der Waals surface area contributed by atoms with Gasteiger partial charge in [0.1, 0.15) is 0 Å². The number of hydrogen-bond donors (Lipinski definition) is 0. The van der Waals surface area contributed by atoms with Gasteiger partial charge in [-0.15, -0.1) is 0 Å². The Kier molecular flexibility index (Phi) is 5.79. The molecule has 0 unspecified atom stereocenters. The van der Waals surface area contributed by atoms with Gasteiger partial charge >= 0.3 is 5.97 Å². The molecular weight excluding hydrogens is 266 g/mol. The molecule has 2 heterocycles. The van der Waals surface area contributed by atoms with E-state index in [9.17, 15) is 4.79 Å². The highest BCUT2D eigenvalue weighted by atomic mass is 16.5. The summed E-state index contributed by atoms with van der Waals surface area (Å²) < 4.78 is 6.95. The Morgan fingerprint density at radius 3 is 2.90 bits per heavy atom. The smallest absolute Gasteiger partial charge is 0.309 e. The Balaban J connectivity index is 1.93. The van der Waals surface area contributed by atoms with Crippen molar-refractivity contribution in [3.05, 3.63) is 18.0 Å². The molecule has 21 heavy (non-hydrogen) atoms. The topological polar surface area (TPSA) is 47.4 Å². The minimum Gasteiger partial charge on any atom is -0.469 e. The third-order valence-corrected chi connectivity index (χ3v) is 4.41. The van der Waals surface area contributed by atoms with E-state index < -0.39 is 0 Å². The zero-order valence-electron chi connectivity index (χ0n) is 13.4. The molecular formula is C16H27N3O2. The van der Waals surface area contributed by atoms with Crippen molar-refractivity contribution in [1.82, 2.24) is 14.7 Å². The lowest BCUT2D eigenvalue weighted by Gasteiger charge is -2.30. The summed E-state index contributed by atoms with van der Waals surface area (Å²) >= 11 is 0. The van der Waals surface area contributed by atoms with E-state index in [1.165, 1.54) is 7.11 Å². The number of carbonyl (C=O) groups is 1. The Labute approximate surface area is 127 Å². The molecule has 1 aromatic heterocycles. The van der Waals surface area contributed by atoms with Gasteiger partial charge < -0.3 is 4.74 Å². The van der Waals surface area contributed by atoms with E-state index in [4.69, 9.17) is 9.84 Å². The van der Waals surface area contributed by atoms with Crippen LogP contribution in [0.5, 0.6) is 0 Å². The Morgan fingerprint density at radius 2 is 2.24 bits per heavy atom. The largest absolute Gasteiger partial charge is 0.469 e. The Hall–Kier alpha value is -1.36. The quantitative estimate of drug-likeness (QED) is 0.757. The maximum atomic E-state index is 11.7. The molecule has 0 amide bonds. The minimum atomic E-state index is -0.0812. The number of likely N-dealkylation sites (tertiary alicyclic amines) is 1. The van der Waals surface area contributed by atoms with E-state index in [0.29, 0.717) is 6.04 Å². The molecule has 1 aliphatic rings. The normalized spacial score (nSPS) is 19.9. The standard InChI is InChI=1S/C16H27N3O2/c1-4-15(5-2)19-10-8-14(17-19)12-18-9-6-7-13(11-18)16(20)21-3/h8,10,13,15H,4-7,9,11-12H2,1-3H3/t13-/m0/s1. The van der Waals surface area contributed by atoms with Gasteiger partial charge in [-0.3, -0.25) is 14.4 Å². The molecule has 1 atom stereocenters. The fraction of sp³-hybridized carbons (Fsp3) is 0.750. The van der Waals surface area contributed by atoms with Crippen molar-refractivity contribution < 1.29 is 9.53 Å². The third-order valence-electron chi connectivity index (χ3n) is 4.41. The Bertz CT molecular complexity index is 454. The number of nitrogens with zero attached hydrogens (tertiary/aromatic N) is 3. The molecule has 0 bridgehead atoms. The summed E-state index contributed by atoms with van der Waals surface area (Å²) in [6, 6.07) is 2.59. The van der Waals surface area contributed by atoms with Gasteiger partial charge in [-0.2, -0.15) is 5.10 Å². The van der Waals surface area contributed by atoms with Gasteiger partial charge in [0.15, 0.2) is 0 Å². The van der Waals surface area contributed by atoms with E-state index >= 15 is 0 Å². The molecule has 1 saturated heterocycles. The van der Waals surface area contributed by atoms with Crippen LogP contribution in [-0.4, -0.2) is 40.8 Å². The first-order valence-corrected chi connectivity index (χ1v) is 8.02. The number of carbonyl (C=O) groups excluding carboxylic acids is 1. The zero-order valence-corrected chi connectivity index (χ0v) is 13.4. The fourth-order valence-electron chi connectivity index (χ4n) is 3.12. The SMILES string of the molecule is CCC(CC)n1ccc(CN2CCC[C@H](C(=O)OC)C2)n1. The summed E-state index contributed by atoms with van der Waals surface area (Å²) in [5, 5.41) is 4.70. The molecule has 0 aliphatic carbocycles. The average Bonchev–Trinajstić information content (AvgIpc) is 2.96. The highest BCUT2D eigenvalue weighted by molar-refractivity contribution is 5.72. The van der Waals surface area contributed by atoms with E-state index in [0.717, 1.165) is 51.0 Å². The molecule has 0 saturated carbocycles. The zero-order chi connectivity index (χ0) is 15.2. The van der Waals surface area contributed by atoms with Crippen LogP contribution in [-0.2, 0) is 16.1 Å². The lowest BCUT2D eigenvalue weighted by molar-refractivity contribution is -0.147. The predicted octanol–water partition coefficient (Wildman–Crippen LogP) is 2.63.